The van der Waals surface area contributed by atoms with Crippen LogP contribution in [0, 0.1) is 12.3 Å². The maximum absolute atomic E-state index is 11.1. The number of nitrogen functional groups attached to an aromatic ring is 1. The summed E-state index contributed by atoms with van der Waals surface area (Å²) in [6.07, 6.45) is 6.51. The summed E-state index contributed by atoms with van der Waals surface area (Å²) in [5.74, 6) is 2.46. The fraction of sp³-hybridized carbons (Fsp3) is 0.250. The number of aryl methyl sites for hydroxylation is 1. The Morgan fingerprint density at radius 1 is 1.36 bits per heavy atom. The molecule has 1 aromatic rings. The third kappa shape index (κ3) is 3.32. The number of carbonyl (C=O) groups is 1. The van der Waals surface area contributed by atoms with Crippen molar-refractivity contribution in [3.63, 3.8) is 0 Å². The molecule has 0 aliphatic carbocycles. The van der Waals surface area contributed by atoms with E-state index in [0.717, 1.165) is 17.7 Å². The van der Waals surface area contributed by atoms with Crippen LogP contribution in [0.15, 0.2) is 24.3 Å². The second-order valence-electron chi connectivity index (χ2n) is 3.16. The molecule has 0 amide bonds. The highest BCUT2D eigenvalue weighted by Gasteiger charge is 2.00. The van der Waals surface area contributed by atoms with Gasteiger partial charge in [-0.2, -0.15) is 0 Å². The summed E-state index contributed by atoms with van der Waals surface area (Å²) in [6.45, 7) is 0. The smallest absolute Gasteiger partial charge is 0.145 e. The van der Waals surface area contributed by atoms with E-state index in [9.17, 15) is 4.79 Å². The Morgan fingerprint density at radius 3 is 2.57 bits per heavy atom. The molecule has 14 heavy (non-hydrogen) atoms. The molecule has 0 aliphatic heterocycles. The van der Waals surface area contributed by atoms with Gasteiger partial charge in [0.25, 0.3) is 0 Å². The summed E-state index contributed by atoms with van der Waals surface area (Å²) in [6, 6.07) is 7.53. The molecule has 2 heteroatoms. The van der Waals surface area contributed by atoms with Gasteiger partial charge in [0.1, 0.15) is 5.78 Å². The van der Waals surface area contributed by atoms with E-state index in [2.05, 4.69) is 5.92 Å². The van der Waals surface area contributed by atoms with Gasteiger partial charge in [-0.25, -0.2) is 0 Å². The van der Waals surface area contributed by atoms with Crippen LogP contribution in [0.3, 0.4) is 0 Å². The fourth-order valence-electron chi connectivity index (χ4n) is 1.17. The summed E-state index contributed by atoms with van der Waals surface area (Å²) >= 11 is 0. The van der Waals surface area contributed by atoms with Crippen LogP contribution in [0.5, 0.6) is 0 Å². The highest BCUT2D eigenvalue weighted by atomic mass is 16.1. The molecule has 1 rings (SSSR count). The third-order valence-electron chi connectivity index (χ3n) is 1.97. The van der Waals surface area contributed by atoms with Gasteiger partial charge in [-0.1, -0.05) is 18.1 Å². The molecule has 0 unspecified atom stereocenters. The first-order valence-electron chi connectivity index (χ1n) is 4.52. The maximum Gasteiger partial charge on any atom is 0.145 e. The number of Topliss-reactive ketones (excluding diaryl/α,β-unsaturated/α-hetero) is 1. The van der Waals surface area contributed by atoms with E-state index >= 15 is 0 Å². The molecule has 0 fully saturated rings. The zero-order chi connectivity index (χ0) is 10.4. The van der Waals surface area contributed by atoms with Gasteiger partial charge in [-0.05, 0) is 24.1 Å². The van der Waals surface area contributed by atoms with Crippen molar-refractivity contribution in [3.05, 3.63) is 29.8 Å². The minimum absolute atomic E-state index is 0.115. The predicted molar refractivity (Wildman–Crippen MR) is 57.6 cm³/mol. The molecule has 0 aromatic heterocycles. The van der Waals surface area contributed by atoms with E-state index in [-0.39, 0.29) is 12.2 Å². The van der Waals surface area contributed by atoms with Gasteiger partial charge in [0.05, 0.1) is 6.42 Å². The molecule has 0 heterocycles. The first-order chi connectivity index (χ1) is 6.72. The molecule has 0 radical (unpaired) electrons. The Bertz CT molecular complexity index is 346. The fourth-order valence-corrected chi connectivity index (χ4v) is 1.17. The molecular formula is C12H13NO. The van der Waals surface area contributed by atoms with Crippen molar-refractivity contribution in [1.82, 2.24) is 0 Å². The van der Waals surface area contributed by atoms with Crippen molar-refractivity contribution in [2.75, 3.05) is 5.73 Å². The van der Waals surface area contributed by atoms with Crippen molar-refractivity contribution in [3.8, 4) is 12.3 Å². The lowest BCUT2D eigenvalue weighted by Crippen LogP contribution is -1.98. The summed E-state index contributed by atoms with van der Waals surface area (Å²) in [5.41, 5.74) is 7.39. The average Bonchev–Trinajstić information content (AvgIpc) is 2.17. The van der Waals surface area contributed by atoms with Crippen molar-refractivity contribution >= 4 is 11.5 Å². The highest BCUT2D eigenvalue weighted by Crippen LogP contribution is 2.08. The van der Waals surface area contributed by atoms with Crippen LogP contribution in [0.1, 0.15) is 18.4 Å². The topological polar surface area (TPSA) is 43.1 Å². The Balaban J connectivity index is 2.43. The summed E-state index contributed by atoms with van der Waals surface area (Å²) in [4.78, 5) is 11.1. The lowest BCUT2D eigenvalue weighted by atomic mass is 10.1. The highest BCUT2D eigenvalue weighted by molar-refractivity contribution is 5.80. The molecule has 0 aliphatic rings. The van der Waals surface area contributed by atoms with Crippen LogP contribution in [0.2, 0.25) is 0 Å². The standard InChI is InChI=1S/C12H13NO/c1-2-3-12(14)9-6-10-4-7-11(13)8-5-10/h1,4-5,7-8H,3,6,9,13H2. The zero-order valence-electron chi connectivity index (χ0n) is 7.99. The van der Waals surface area contributed by atoms with Gasteiger partial charge in [0, 0.05) is 12.1 Å². The van der Waals surface area contributed by atoms with Crippen LogP contribution in [0.4, 0.5) is 5.69 Å². The van der Waals surface area contributed by atoms with Gasteiger partial charge in [-0.3, -0.25) is 4.79 Å². The van der Waals surface area contributed by atoms with E-state index in [1.807, 2.05) is 24.3 Å². The lowest BCUT2D eigenvalue weighted by Gasteiger charge is -1.99. The molecule has 0 saturated carbocycles. The molecule has 0 bridgehead atoms. The SMILES string of the molecule is C#CCC(=O)CCc1ccc(N)cc1. The lowest BCUT2D eigenvalue weighted by molar-refractivity contribution is -0.118. The molecule has 2 N–H and O–H groups in total. The van der Waals surface area contributed by atoms with E-state index in [0.29, 0.717) is 6.42 Å². The molecular weight excluding hydrogens is 174 g/mol. The van der Waals surface area contributed by atoms with Crippen molar-refractivity contribution in [2.24, 2.45) is 0 Å². The largest absolute Gasteiger partial charge is 0.399 e. The summed E-state index contributed by atoms with van der Waals surface area (Å²) in [5, 5.41) is 0. The first kappa shape index (κ1) is 10.3. The van der Waals surface area contributed by atoms with E-state index < -0.39 is 0 Å². The Labute approximate surface area is 84.1 Å². The minimum Gasteiger partial charge on any atom is -0.399 e. The van der Waals surface area contributed by atoms with Gasteiger partial charge >= 0.3 is 0 Å². The molecule has 72 valence electrons. The van der Waals surface area contributed by atoms with Gasteiger partial charge in [-0.15, -0.1) is 6.42 Å². The summed E-state index contributed by atoms with van der Waals surface area (Å²) in [7, 11) is 0. The van der Waals surface area contributed by atoms with Crippen LogP contribution >= 0.6 is 0 Å². The van der Waals surface area contributed by atoms with Gasteiger partial charge in [0.2, 0.25) is 0 Å². The third-order valence-corrected chi connectivity index (χ3v) is 1.97. The number of anilines is 1. The number of ketones is 1. The van der Waals surface area contributed by atoms with Crippen molar-refractivity contribution in [2.45, 2.75) is 19.3 Å². The predicted octanol–water partition coefficient (Wildman–Crippen LogP) is 1.79. The van der Waals surface area contributed by atoms with E-state index in [4.69, 9.17) is 12.2 Å². The maximum atomic E-state index is 11.1. The quantitative estimate of drug-likeness (QED) is 0.577. The van der Waals surface area contributed by atoms with Crippen LogP contribution < -0.4 is 5.73 Å². The van der Waals surface area contributed by atoms with Crippen LogP contribution in [0.25, 0.3) is 0 Å². The van der Waals surface area contributed by atoms with Gasteiger partial charge < -0.3 is 5.73 Å². The molecule has 2 nitrogen and oxygen atoms in total. The summed E-state index contributed by atoms with van der Waals surface area (Å²) < 4.78 is 0. The Hall–Kier alpha value is -1.75. The van der Waals surface area contributed by atoms with Crippen molar-refractivity contribution < 1.29 is 4.79 Å². The first-order valence-corrected chi connectivity index (χ1v) is 4.52. The normalized spacial score (nSPS) is 9.36. The molecule has 0 atom stereocenters. The number of hydrogen-bond donors (Lipinski definition) is 1. The molecule has 0 saturated heterocycles. The van der Waals surface area contributed by atoms with Crippen molar-refractivity contribution in [1.29, 1.82) is 0 Å². The molecule has 1 aromatic carbocycles. The monoisotopic (exact) mass is 187 g/mol. The Morgan fingerprint density at radius 2 is 2.00 bits per heavy atom. The van der Waals surface area contributed by atoms with Gasteiger partial charge in [0.15, 0.2) is 0 Å². The number of rotatable bonds is 4. The number of nitrogens with two attached hydrogens (primary N) is 1. The van der Waals surface area contributed by atoms with Crippen LogP contribution in [-0.2, 0) is 11.2 Å². The van der Waals surface area contributed by atoms with E-state index in [1.54, 1.807) is 0 Å². The number of hydrogen-bond acceptors (Lipinski definition) is 2. The minimum atomic E-state index is 0.115. The second kappa shape index (κ2) is 5.08. The average molecular weight is 187 g/mol. The Kier molecular flexibility index (Phi) is 3.75. The van der Waals surface area contributed by atoms with E-state index in [1.165, 1.54) is 0 Å². The number of carbonyl (C=O) groups excluding carboxylic acids is 1. The van der Waals surface area contributed by atoms with Crippen LogP contribution in [-0.4, -0.2) is 5.78 Å². The molecule has 0 spiro atoms. The number of benzene rings is 1. The second-order valence-corrected chi connectivity index (χ2v) is 3.16. The number of terminal acetylenes is 1. The zero-order valence-corrected chi connectivity index (χ0v) is 7.99.